The van der Waals surface area contributed by atoms with Crippen molar-refractivity contribution in [1.29, 1.82) is 0 Å². The van der Waals surface area contributed by atoms with E-state index in [-0.39, 0.29) is 27.2 Å². The summed E-state index contributed by atoms with van der Waals surface area (Å²) in [4.78, 5) is 37.1. The molecule has 1 atom stereocenters. The van der Waals surface area contributed by atoms with E-state index >= 15 is 0 Å². The molecule has 1 aromatic carbocycles. The molecular formula is C17H12Cl2F3N5O4. The van der Waals surface area contributed by atoms with E-state index in [1.807, 2.05) is 4.98 Å². The van der Waals surface area contributed by atoms with Gasteiger partial charge in [-0.3, -0.25) is 19.1 Å². The van der Waals surface area contributed by atoms with E-state index in [9.17, 15) is 27.6 Å². The van der Waals surface area contributed by atoms with E-state index in [1.165, 1.54) is 12.1 Å². The Morgan fingerprint density at radius 1 is 1.16 bits per heavy atom. The molecule has 0 aliphatic carbocycles. The summed E-state index contributed by atoms with van der Waals surface area (Å²) in [6, 6.07) is 2.38. The lowest BCUT2D eigenvalue weighted by atomic mass is 10.3. The van der Waals surface area contributed by atoms with Gasteiger partial charge in [0, 0.05) is 6.07 Å². The van der Waals surface area contributed by atoms with E-state index in [0.717, 1.165) is 29.9 Å². The van der Waals surface area contributed by atoms with Crippen LogP contribution in [0.15, 0.2) is 44.8 Å². The number of rotatable bonds is 4. The Balaban J connectivity index is 2.01. The quantitative estimate of drug-likeness (QED) is 0.594. The molecule has 14 heteroatoms. The van der Waals surface area contributed by atoms with Crippen molar-refractivity contribution in [3.8, 4) is 17.2 Å². The summed E-state index contributed by atoms with van der Waals surface area (Å²) in [7, 11) is 0. The molecule has 2 aromatic heterocycles. The molecule has 0 aliphatic rings. The van der Waals surface area contributed by atoms with Crippen LogP contribution >= 0.6 is 23.2 Å². The van der Waals surface area contributed by atoms with Crippen molar-refractivity contribution in [2.75, 3.05) is 5.73 Å². The second-order valence-corrected chi connectivity index (χ2v) is 7.04. The molecule has 0 saturated heterocycles. The zero-order chi connectivity index (χ0) is 23.1. The van der Waals surface area contributed by atoms with Crippen molar-refractivity contribution >= 4 is 29.0 Å². The number of hydrogen-bond acceptors (Lipinski definition) is 6. The molecule has 0 saturated carbocycles. The second kappa shape index (κ2) is 8.12. The number of anilines is 1. The lowest BCUT2D eigenvalue weighted by Crippen LogP contribution is -2.33. The smallest absolute Gasteiger partial charge is 0.408 e. The van der Waals surface area contributed by atoms with Gasteiger partial charge in [0.15, 0.2) is 5.75 Å². The Hall–Kier alpha value is -3.25. The topological polar surface area (TPSA) is 125 Å². The molecule has 3 aromatic rings. The first-order valence-corrected chi connectivity index (χ1v) is 9.09. The molecule has 0 radical (unpaired) electrons. The molecule has 0 spiro atoms. The van der Waals surface area contributed by atoms with Crippen molar-refractivity contribution in [3.05, 3.63) is 71.7 Å². The third kappa shape index (κ3) is 4.59. The number of aromatic amines is 1. The fourth-order valence-corrected chi connectivity index (χ4v) is 3.03. The van der Waals surface area contributed by atoms with Crippen LogP contribution in [0.1, 0.15) is 13.0 Å². The van der Waals surface area contributed by atoms with E-state index in [0.29, 0.717) is 4.57 Å². The number of nitrogens with one attached hydrogen (secondary N) is 1. The summed E-state index contributed by atoms with van der Waals surface area (Å²) in [6.07, 6.45) is -3.78. The first-order chi connectivity index (χ1) is 14.4. The zero-order valence-electron chi connectivity index (χ0n) is 15.4. The standard InChI is InChI=1S/C17H12Cl2F3N5O4/c1-7(17(20,21)22)26-6-9(2-3-12(26)28)31-13-10(18)4-8(5-11(13)19)27-16(30)24-15(29)14(23)25-27/h2-7H,1H3,(H2,23,25)(H,24,29,30). The summed E-state index contributed by atoms with van der Waals surface area (Å²) >= 11 is 12.3. The van der Waals surface area contributed by atoms with Crippen LogP contribution < -0.4 is 27.3 Å². The first-order valence-electron chi connectivity index (χ1n) is 8.34. The number of halogens is 5. The molecule has 3 N–H and O–H groups in total. The molecule has 2 heterocycles. The van der Waals surface area contributed by atoms with Crippen molar-refractivity contribution < 1.29 is 17.9 Å². The summed E-state index contributed by atoms with van der Waals surface area (Å²) in [5, 5.41) is 3.36. The number of nitrogens with two attached hydrogens (primary N) is 1. The molecule has 31 heavy (non-hydrogen) atoms. The van der Waals surface area contributed by atoms with Crippen LogP contribution in [0, 0.1) is 0 Å². The summed E-state index contributed by atoms with van der Waals surface area (Å²) < 4.78 is 45.6. The molecule has 0 amide bonds. The normalized spacial score (nSPS) is 12.6. The average Bonchev–Trinajstić information content (AvgIpc) is 2.67. The van der Waals surface area contributed by atoms with Crippen molar-refractivity contribution in [2.45, 2.75) is 19.1 Å². The number of nitrogens with zero attached hydrogens (tertiary/aromatic N) is 3. The van der Waals surface area contributed by atoms with Gasteiger partial charge in [0.05, 0.1) is 21.9 Å². The van der Waals surface area contributed by atoms with Gasteiger partial charge in [-0.25, -0.2) is 4.79 Å². The molecular weight excluding hydrogens is 466 g/mol. The Morgan fingerprint density at radius 2 is 1.77 bits per heavy atom. The number of ether oxygens (including phenoxy) is 1. The number of pyridine rings is 1. The Labute approximate surface area is 180 Å². The Morgan fingerprint density at radius 3 is 2.35 bits per heavy atom. The van der Waals surface area contributed by atoms with Crippen LogP contribution in [0.3, 0.4) is 0 Å². The molecule has 9 nitrogen and oxygen atoms in total. The van der Waals surface area contributed by atoms with Gasteiger partial charge in [-0.2, -0.15) is 17.9 Å². The maximum Gasteiger partial charge on any atom is 0.408 e. The van der Waals surface area contributed by atoms with E-state index in [4.69, 9.17) is 33.7 Å². The van der Waals surface area contributed by atoms with E-state index < -0.39 is 34.8 Å². The van der Waals surface area contributed by atoms with Gasteiger partial charge in [0.1, 0.15) is 11.8 Å². The molecule has 0 fully saturated rings. The summed E-state index contributed by atoms with van der Waals surface area (Å²) in [6.45, 7) is 0.820. The number of benzene rings is 1. The highest BCUT2D eigenvalue weighted by Gasteiger charge is 2.37. The largest absolute Gasteiger partial charge is 0.453 e. The van der Waals surface area contributed by atoms with Crippen LogP contribution in [0.5, 0.6) is 11.5 Å². The van der Waals surface area contributed by atoms with Crippen molar-refractivity contribution in [3.63, 3.8) is 0 Å². The van der Waals surface area contributed by atoms with Crippen molar-refractivity contribution in [1.82, 2.24) is 19.3 Å². The lowest BCUT2D eigenvalue weighted by Gasteiger charge is -2.19. The molecule has 1 unspecified atom stereocenters. The predicted octanol–water partition coefficient (Wildman–Crippen LogP) is 2.89. The fraction of sp³-hybridized carbons (Fsp3) is 0.176. The van der Waals surface area contributed by atoms with Gasteiger partial charge in [-0.15, -0.1) is 5.10 Å². The molecule has 0 bridgehead atoms. The Kier molecular flexibility index (Phi) is 5.87. The third-order valence-electron chi connectivity index (χ3n) is 4.10. The number of nitrogen functional groups attached to an aromatic ring is 1. The van der Waals surface area contributed by atoms with Crippen LogP contribution in [0.25, 0.3) is 5.69 Å². The summed E-state index contributed by atoms with van der Waals surface area (Å²) in [5.74, 6) is -0.772. The van der Waals surface area contributed by atoms with Gasteiger partial charge in [-0.05, 0) is 25.1 Å². The van der Waals surface area contributed by atoms with Crippen LogP contribution in [0.2, 0.25) is 10.0 Å². The highest BCUT2D eigenvalue weighted by molar-refractivity contribution is 6.37. The number of H-pyrrole nitrogens is 1. The lowest BCUT2D eigenvalue weighted by molar-refractivity contribution is -0.163. The van der Waals surface area contributed by atoms with Gasteiger partial charge in [0.2, 0.25) is 5.82 Å². The minimum Gasteiger partial charge on any atom is -0.453 e. The Bertz CT molecular complexity index is 1310. The van der Waals surface area contributed by atoms with Gasteiger partial charge in [-0.1, -0.05) is 23.2 Å². The molecule has 0 aliphatic heterocycles. The number of alkyl halides is 3. The molecule has 3 rings (SSSR count). The van der Waals surface area contributed by atoms with Gasteiger partial charge < -0.3 is 10.5 Å². The van der Waals surface area contributed by atoms with Crippen LogP contribution in [0.4, 0.5) is 19.0 Å². The number of hydrogen-bond donors (Lipinski definition) is 2. The average molecular weight is 478 g/mol. The van der Waals surface area contributed by atoms with Gasteiger partial charge in [0.25, 0.3) is 11.1 Å². The van der Waals surface area contributed by atoms with Crippen LogP contribution in [-0.2, 0) is 0 Å². The second-order valence-electron chi connectivity index (χ2n) is 6.22. The van der Waals surface area contributed by atoms with Gasteiger partial charge >= 0.3 is 11.9 Å². The maximum atomic E-state index is 13.0. The third-order valence-corrected chi connectivity index (χ3v) is 4.66. The fourth-order valence-electron chi connectivity index (χ4n) is 2.48. The number of aromatic nitrogens is 4. The van der Waals surface area contributed by atoms with E-state index in [1.54, 1.807) is 0 Å². The monoisotopic (exact) mass is 477 g/mol. The SMILES string of the molecule is CC(n1cc(Oc2c(Cl)cc(-n3nc(N)c(=O)[nH]c3=O)cc2Cl)ccc1=O)C(F)(F)F. The summed E-state index contributed by atoms with van der Waals surface area (Å²) in [5.41, 5.74) is 2.77. The minimum atomic E-state index is -4.65. The first kappa shape index (κ1) is 22.4. The predicted molar refractivity (Wildman–Crippen MR) is 106 cm³/mol. The highest BCUT2D eigenvalue weighted by atomic mass is 35.5. The minimum absolute atomic E-state index is 0.0333. The van der Waals surface area contributed by atoms with E-state index in [2.05, 4.69) is 5.10 Å². The van der Waals surface area contributed by atoms with Crippen molar-refractivity contribution in [2.24, 2.45) is 0 Å². The molecule has 164 valence electrons. The zero-order valence-corrected chi connectivity index (χ0v) is 16.9. The maximum absolute atomic E-state index is 13.0. The highest BCUT2D eigenvalue weighted by Crippen LogP contribution is 2.38. The van der Waals surface area contributed by atoms with Crippen LogP contribution in [-0.4, -0.2) is 25.5 Å².